The Hall–Kier alpha value is -1.80. The van der Waals surface area contributed by atoms with Crippen molar-refractivity contribution in [3.05, 3.63) is 65.7 Å². The molecule has 0 radical (unpaired) electrons. The van der Waals surface area contributed by atoms with E-state index in [-0.39, 0.29) is 6.04 Å². The Labute approximate surface area is 127 Å². The number of hydrogen-bond donors (Lipinski definition) is 1. The highest BCUT2D eigenvalue weighted by Crippen LogP contribution is 2.23. The minimum atomic E-state index is 0.0904. The molecule has 0 aliphatic rings. The third-order valence-electron chi connectivity index (χ3n) is 3.59. The fourth-order valence-electron chi connectivity index (χ4n) is 2.26. The summed E-state index contributed by atoms with van der Waals surface area (Å²) >= 11 is 0. The van der Waals surface area contributed by atoms with Crippen LogP contribution in [0.1, 0.15) is 43.9 Å². The summed E-state index contributed by atoms with van der Waals surface area (Å²) in [6.45, 7) is 5.05. The monoisotopic (exact) mass is 283 g/mol. The lowest BCUT2D eigenvalue weighted by atomic mass is 9.98. The second-order valence-electron chi connectivity index (χ2n) is 5.92. The number of hydrogen-bond acceptors (Lipinski definition) is 2. The molecule has 2 heteroatoms. The zero-order valence-electron chi connectivity index (χ0n) is 13.0. The summed E-state index contributed by atoms with van der Waals surface area (Å²) in [5.41, 5.74) is 8.59. The summed E-state index contributed by atoms with van der Waals surface area (Å²) in [5, 5.41) is 0. The topological polar surface area (TPSA) is 35.2 Å². The zero-order chi connectivity index (χ0) is 15.1. The van der Waals surface area contributed by atoms with Crippen molar-refractivity contribution in [3.8, 4) is 5.75 Å². The maximum absolute atomic E-state index is 6.26. The van der Waals surface area contributed by atoms with E-state index in [1.165, 1.54) is 5.56 Å². The van der Waals surface area contributed by atoms with E-state index in [4.69, 9.17) is 10.5 Å². The predicted octanol–water partition coefficient (Wildman–Crippen LogP) is 4.70. The highest BCUT2D eigenvalue weighted by Gasteiger charge is 2.08. The molecule has 0 heterocycles. The number of ether oxygens (including phenoxy) is 1. The Kier molecular flexibility index (Phi) is 5.82. The molecular formula is C19H25NO. The summed E-state index contributed by atoms with van der Waals surface area (Å²) in [7, 11) is 0. The van der Waals surface area contributed by atoms with E-state index < -0.39 is 0 Å². The van der Waals surface area contributed by atoms with E-state index in [9.17, 15) is 0 Å². The Bertz CT molecular complexity index is 536. The van der Waals surface area contributed by atoms with Crippen LogP contribution in [0, 0.1) is 5.92 Å². The number of rotatable bonds is 7. The average molecular weight is 283 g/mol. The van der Waals surface area contributed by atoms with Crippen molar-refractivity contribution in [2.24, 2.45) is 11.7 Å². The highest BCUT2D eigenvalue weighted by molar-refractivity contribution is 5.30. The van der Waals surface area contributed by atoms with Crippen LogP contribution in [-0.2, 0) is 6.61 Å². The van der Waals surface area contributed by atoms with Gasteiger partial charge in [-0.1, -0.05) is 56.3 Å². The highest BCUT2D eigenvalue weighted by atomic mass is 16.5. The minimum absolute atomic E-state index is 0.0904. The van der Waals surface area contributed by atoms with Crippen LogP contribution in [0.15, 0.2) is 54.6 Å². The van der Waals surface area contributed by atoms with Crippen molar-refractivity contribution in [2.75, 3.05) is 0 Å². The first-order valence-corrected chi connectivity index (χ1v) is 7.67. The minimum Gasteiger partial charge on any atom is -0.489 e. The number of benzene rings is 2. The zero-order valence-corrected chi connectivity index (χ0v) is 13.0. The van der Waals surface area contributed by atoms with Gasteiger partial charge < -0.3 is 10.5 Å². The summed E-state index contributed by atoms with van der Waals surface area (Å²) in [6, 6.07) is 18.4. The second kappa shape index (κ2) is 7.84. The first-order chi connectivity index (χ1) is 10.1. The molecule has 2 aromatic carbocycles. The summed E-state index contributed by atoms with van der Waals surface area (Å²) in [4.78, 5) is 0. The van der Waals surface area contributed by atoms with Gasteiger partial charge in [-0.3, -0.25) is 0 Å². The van der Waals surface area contributed by atoms with E-state index >= 15 is 0 Å². The van der Waals surface area contributed by atoms with Crippen LogP contribution in [0.3, 0.4) is 0 Å². The molecule has 0 aliphatic heterocycles. The standard InChI is InChI=1S/C19H25NO/c1-15(2)11-12-19(20)17-9-6-10-18(13-17)21-14-16-7-4-3-5-8-16/h3-10,13,15,19H,11-12,14,20H2,1-2H3/t19-/m1/s1. The summed E-state index contributed by atoms with van der Waals surface area (Å²) < 4.78 is 5.85. The third-order valence-corrected chi connectivity index (χ3v) is 3.59. The molecule has 2 rings (SSSR count). The van der Waals surface area contributed by atoms with E-state index in [1.807, 2.05) is 30.3 Å². The van der Waals surface area contributed by atoms with Crippen LogP contribution in [0.4, 0.5) is 0 Å². The summed E-state index contributed by atoms with van der Waals surface area (Å²) in [5.74, 6) is 1.57. The van der Waals surface area contributed by atoms with Gasteiger partial charge >= 0.3 is 0 Å². The second-order valence-corrected chi connectivity index (χ2v) is 5.92. The van der Waals surface area contributed by atoms with Crippen LogP contribution >= 0.6 is 0 Å². The Morgan fingerprint density at radius 1 is 0.952 bits per heavy atom. The maximum atomic E-state index is 6.26. The fraction of sp³-hybridized carbons (Fsp3) is 0.368. The Morgan fingerprint density at radius 3 is 2.43 bits per heavy atom. The lowest BCUT2D eigenvalue weighted by molar-refractivity contribution is 0.305. The predicted molar refractivity (Wildman–Crippen MR) is 88.2 cm³/mol. The Morgan fingerprint density at radius 2 is 1.71 bits per heavy atom. The lowest BCUT2D eigenvalue weighted by Gasteiger charge is -2.15. The van der Waals surface area contributed by atoms with Gasteiger partial charge in [0.15, 0.2) is 0 Å². The van der Waals surface area contributed by atoms with Crippen LogP contribution in [0.5, 0.6) is 5.75 Å². The first kappa shape index (κ1) is 15.6. The van der Waals surface area contributed by atoms with Crippen LogP contribution in [0.25, 0.3) is 0 Å². The molecule has 0 fully saturated rings. The van der Waals surface area contributed by atoms with Gasteiger partial charge in [0.1, 0.15) is 12.4 Å². The maximum Gasteiger partial charge on any atom is 0.120 e. The van der Waals surface area contributed by atoms with Gasteiger partial charge in [-0.2, -0.15) is 0 Å². The van der Waals surface area contributed by atoms with Gasteiger partial charge in [-0.05, 0) is 42.0 Å². The summed E-state index contributed by atoms with van der Waals surface area (Å²) in [6.07, 6.45) is 2.16. The smallest absolute Gasteiger partial charge is 0.120 e. The molecule has 112 valence electrons. The SMILES string of the molecule is CC(C)CC[C@@H](N)c1cccc(OCc2ccccc2)c1. The van der Waals surface area contributed by atoms with Crippen molar-refractivity contribution in [1.82, 2.24) is 0 Å². The molecule has 0 amide bonds. The van der Waals surface area contributed by atoms with Crippen molar-refractivity contribution in [3.63, 3.8) is 0 Å². The van der Waals surface area contributed by atoms with Crippen LogP contribution < -0.4 is 10.5 Å². The molecule has 1 atom stereocenters. The molecule has 2 nitrogen and oxygen atoms in total. The fourth-order valence-corrected chi connectivity index (χ4v) is 2.26. The number of nitrogens with two attached hydrogens (primary N) is 1. The molecule has 0 saturated carbocycles. The molecule has 21 heavy (non-hydrogen) atoms. The van der Waals surface area contributed by atoms with Gasteiger partial charge in [-0.25, -0.2) is 0 Å². The van der Waals surface area contributed by atoms with Gasteiger partial charge in [0.05, 0.1) is 0 Å². The van der Waals surface area contributed by atoms with E-state index in [0.29, 0.717) is 12.5 Å². The molecule has 0 spiro atoms. The van der Waals surface area contributed by atoms with Crippen molar-refractivity contribution < 1.29 is 4.74 Å². The lowest BCUT2D eigenvalue weighted by Crippen LogP contribution is -2.11. The van der Waals surface area contributed by atoms with Crippen molar-refractivity contribution >= 4 is 0 Å². The van der Waals surface area contributed by atoms with E-state index in [2.05, 4.69) is 38.1 Å². The van der Waals surface area contributed by atoms with Crippen LogP contribution in [0.2, 0.25) is 0 Å². The van der Waals surface area contributed by atoms with Gasteiger partial charge in [0.25, 0.3) is 0 Å². The largest absolute Gasteiger partial charge is 0.489 e. The van der Waals surface area contributed by atoms with Crippen molar-refractivity contribution in [2.45, 2.75) is 39.3 Å². The quantitative estimate of drug-likeness (QED) is 0.799. The molecule has 0 aromatic heterocycles. The van der Waals surface area contributed by atoms with Gasteiger partial charge in [0.2, 0.25) is 0 Å². The molecule has 0 aliphatic carbocycles. The molecular weight excluding hydrogens is 258 g/mol. The molecule has 0 bridgehead atoms. The van der Waals surface area contributed by atoms with E-state index in [0.717, 1.165) is 24.2 Å². The molecule has 2 aromatic rings. The normalized spacial score (nSPS) is 12.4. The third kappa shape index (κ3) is 5.24. The molecule has 0 unspecified atom stereocenters. The Balaban J connectivity index is 1.94. The van der Waals surface area contributed by atoms with Gasteiger partial charge in [0, 0.05) is 6.04 Å². The first-order valence-electron chi connectivity index (χ1n) is 7.67. The van der Waals surface area contributed by atoms with E-state index in [1.54, 1.807) is 0 Å². The average Bonchev–Trinajstić information content (AvgIpc) is 2.52. The van der Waals surface area contributed by atoms with Gasteiger partial charge in [-0.15, -0.1) is 0 Å². The van der Waals surface area contributed by atoms with Crippen molar-refractivity contribution in [1.29, 1.82) is 0 Å². The molecule has 0 saturated heterocycles. The van der Waals surface area contributed by atoms with Crippen LogP contribution in [-0.4, -0.2) is 0 Å². The molecule has 2 N–H and O–H groups in total.